The summed E-state index contributed by atoms with van der Waals surface area (Å²) in [6.07, 6.45) is 16.7. The van der Waals surface area contributed by atoms with Gasteiger partial charge in [0.15, 0.2) is 0 Å². The number of rotatable bonds is 13. The monoisotopic (exact) mass is 241 g/mol. The molecule has 0 aliphatic heterocycles. The van der Waals surface area contributed by atoms with Crippen molar-refractivity contribution < 1.29 is 0 Å². The van der Waals surface area contributed by atoms with Crippen LogP contribution in [-0.2, 0) is 0 Å². The van der Waals surface area contributed by atoms with Gasteiger partial charge in [0.1, 0.15) is 0 Å². The van der Waals surface area contributed by atoms with E-state index in [0.29, 0.717) is 0 Å². The Balaban J connectivity index is 3.28. The molecule has 0 aliphatic rings. The molecule has 2 N–H and O–H groups in total. The number of nitrogens with two attached hydrogens (primary N) is 1. The van der Waals surface area contributed by atoms with E-state index in [4.69, 9.17) is 5.73 Å². The van der Waals surface area contributed by atoms with Crippen LogP contribution in [0.2, 0.25) is 0 Å². The second-order valence-corrected chi connectivity index (χ2v) is 5.51. The Morgan fingerprint density at radius 3 is 1.53 bits per heavy atom. The van der Waals surface area contributed by atoms with Crippen molar-refractivity contribution in [2.24, 2.45) is 11.7 Å². The van der Waals surface area contributed by atoms with E-state index in [1.54, 1.807) is 0 Å². The molecule has 104 valence electrons. The van der Waals surface area contributed by atoms with Crippen molar-refractivity contribution >= 4 is 0 Å². The molecule has 0 aromatic rings. The summed E-state index contributed by atoms with van der Waals surface area (Å²) in [6.45, 7) is 5.46. The minimum Gasteiger partial charge on any atom is -0.330 e. The molecule has 0 aromatic heterocycles. The van der Waals surface area contributed by atoms with Crippen LogP contribution in [0.25, 0.3) is 0 Å². The quantitative estimate of drug-likeness (QED) is 0.436. The molecule has 1 nitrogen and oxygen atoms in total. The fourth-order valence-electron chi connectivity index (χ4n) is 2.45. The molecule has 1 unspecified atom stereocenters. The fraction of sp³-hybridized carbons (Fsp3) is 1.00. The third kappa shape index (κ3) is 12.2. The number of unbranched alkanes of at least 4 members (excludes halogenated alkanes) is 8. The predicted octanol–water partition coefficient (Wildman–Crippen LogP) is 5.28. The number of hydrogen-bond acceptors (Lipinski definition) is 1. The molecule has 0 saturated heterocycles. The van der Waals surface area contributed by atoms with Gasteiger partial charge in [0.05, 0.1) is 0 Å². The molecular formula is C16H35N. The molecule has 0 bridgehead atoms. The van der Waals surface area contributed by atoms with E-state index in [0.717, 1.165) is 12.5 Å². The van der Waals surface area contributed by atoms with Gasteiger partial charge in [-0.15, -0.1) is 0 Å². The summed E-state index contributed by atoms with van der Waals surface area (Å²) in [6, 6.07) is 0. The van der Waals surface area contributed by atoms with Crippen molar-refractivity contribution in [3.63, 3.8) is 0 Å². The SMILES string of the molecule is CCCCCCCCC(CN)CCCCCC. The molecule has 0 amide bonds. The van der Waals surface area contributed by atoms with E-state index in [2.05, 4.69) is 13.8 Å². The average molecular weight is 241 g/mol. The van der Waals surface area contributed by atoms with Crippen molar-refractivity contribution in [2.45, 2.75) is 90.9 Å². The van der Waals surface area contributed by atoms with Crippen LogP contribution in [0.4, 0.5) is 0 Å². The third-order valence-electron chi connectivity index (χ3n) is 3.77. The van der Waals surface area contributed by atoms with Gasteiger partial charge in [0.25, 0.3) is 0 Å². The summed E-state index contributed by atoms with van der Waals surface area (Å²) in [5.41, 5.74) is 5.85. The Labute approximate surface area is 110 Å². The molecule has 0 fully saturated rings. The van der Waals surface area contributed by atoms with E-state index in [9.17, 15) is 0 Å². The third-order valence-corrected chi connectivity index (χ3v) is 3.77. The van der Waals surface area contributed by atoms with Crippen LogP contribution in [-0.4, -0.2) is 6.54 Å². The van der Waals surface area contributed by atoms with Crippen molar-refractivity contribution in [2.75, 3.05) is 6.54 Å². The molecule has 1 heteroatoms. The Morgan fingerprint density at radius 1 is 0.647 bits per heavy atom. The van der Waals surface area contributed by atoms with Gasteiger partial charge in [-0.25, -0.2) is 0 Å². The Morgan fingerprint density at radius 2 is 1.06 bits per heavy atom. The van der Waals surface area contributed by atoms with Crippen LogP contribution in [0.3, 0.4) is 0 Å². The first-order valence-electron chi connectivity index (χ1n) is 8.05. The minimum atomic E-state index is 0.804. The molecule has 1 atom stereocenters. The lowest BCUT2D eigenvalue weighted by Gasteiger charge is -2.14. The first kappa shape index (κ1) is 17.0. The molecule has 17 heavy (non-hydrogen) atoms. The Bertz CT molecular complexity index is 133. The van der Waals surface area contributed by atoms with Crippen molar-refractivity contribution in [3.8, 4) is 0 Å². The standard InChI is InChI=1S/C16H35N/c1-3-5-7-9-10-12-14-16(15-17)13-11-8-6-4-2/h16H,3-15,17H2,1-2H3. The van der Waals surface area contributed by atoms with Gasteiger partial charge < -0.3 is 5.73 Å². The smallest absolute Gasteiger partial charge is 0.00489 e. The normalized spacial score (nSPS) is 12.9. The zero-order valence-corrected chi connectivity index (χ0v) is 12.3. The van der Waals surface area contributed by atoms with Gasteiger partial charge in [-0.2, -0.15) is 0 Å². The van der Waals surface area contributed by atoms with Gasteiger partial charge >= 0.3 is 0 Å². The molecule has 0 aliphatic carbocycles. The van der Waals surface area contributed by atoms with Crippen molar-refractivity contribution in [1.29, 1.82) is 0 Å². The maximum absolute atomic E-state index is 5.85. The van der Waals surface area contributed by atoms with E-state index in [1.807, 2.05) is 0 Å². The summed E-state index contributed by atoms with van der Waals surface area (Å²) in [4.78, 5) is 0. The molecular weight excluding hydrogens is 206 g/mol. The molecule has 0 saturated carbocycles. The summed E-state index contributed by atoms with van der Waals surface area (Å²) < 4.78 is 0. The van der Waals surface area contributed by atoms with E-state index in [-0.39, 0.29) is 0 Å². The largest absolute Gasteiger partial charge is 0.330 e. The summed E-state index contributed by atoms with van der Waals surface area (Å²) in [5, 5.41) is 0. The van der Waals surface area contributed by atoms with Gasteiger partial charge in [0, 0.05) is 0 Å². The van der Waals surface area contributed by atoms with Gasteiger partial charge in [-0.3, -0.25) is 0 Å². The first-order valence-corrected chi connectivity index (χ1v) is 8.05. The summed E-state index contributed by atoms with van der Waals surface area (Å²) in [5.74, 6) is 0.804. The fourth-order valence-corrected chi connectivity index (χ4v) is 2.45. The molecule has 0 aromatic carbocycles. The number of hydrogen-bond donors (Lipinski definition) is 1. The lowest BCUT2D eigenvalue weighted by atomic mass is 9.94. The highest BCUT2D eigenvalue weighted by Crippen LogP contribution is 2.17. The summed E-state index contributed by atoms with van der Waals surface area (Å²) >= 11 is 0. The highest BCUT2D eigenvalue weighted by molar-refractivity contribution is 4.61. The zero-order valence-electron chi connectivity index (χ0n) is 12.3. The van der Waals surface area contributed by atoms with Gasteiger partial charge in [0.2, 0.25) is 0 Å². The first-order chi connectivity index (χ1) is 8.35. The van der Waals surface area contributed by atoms with Crippen molar-refractivity contribution in [1.82, 2.24) is 0 Å². The minimum absolute atomic E-state index is 0.804. The van der Waals surface area contributed by atoms with Crippen molar-refractivity contribution in [3.05, 3.63) is 0 Å². The lowest BCUT2D eigenvalue weighted by Crippen LogP contribution is -2.14. The Kier molecular flexibility index (Phi) is 14.0. The van der Waals surface area contributed by atoms with Crippen LogP contribution >= 0.6 is 0 Å². The molecule has 0 spiro atoms. The second kappa shape index (κ2) is 14.0. The van der Waals surface area contributed by atoms with Gasteiger partial charge in [-0.1, -0.05) is 78.1 Å². The van der Waals surface area contributed by atoms with Crippen LogP contribution in [0.15, 0.2) is 0 Å². The maximum atomic E-state index is 5.85. The van der Waals surface area contributed by atoms with E-state index in [1.165, 1.54) is 77.0 Å². The highest BCUT2D eigenvalue weighted by atomic mass is 14.5. The maximum Gasteiger partial charge on any atom is -0.00489 e. The van der Waals surface area contributed by atoms with Gasteiger partial charge in [-0.05, 0) is 25.3 Å². The van der Waals surface area contributed by atoms with Crippen LogP contribution < -0.4 is 5.73 Å². The van der Waals surface area contributed by atoms with E-state index < -0.39 is 0 Å². The average Bonchev–Trinajstić information content (AvgIpc) is 2.36. The van der Waals surface area contributed by atoms with Crippen LogP contribution in [0.1, 0.15) is 90.9 Å². The second-order valence-electron chi connectivity index (χ2n) is 5.51. The van der Waals surface area contributed by atoms with Crippen LogP contribution in [0, 0.1) is 5.92 Å². The topological polar surface area (TPSA) is 26.0 Å². The molecule has 0 heterocycles. The predicted molar refractivity (Wildman–Crippen MR) is 79.3 cm³/mol. The van der Waals surface area contributed by atoms with Crippen LogP contribution in [0.5, 0.6) is 0 Å². The van der Waals surface area contributed by atoms with E-state index >= 15 is 0 Å². The summed E-state index contributed by atoms with van der Waals surface area (Å²) in [7, 11) is 0. The molecule has 0 rings (SSSR count). The highest BCUT2D eigenvalue weighted by Gasteiger charge is 2.05. The Hall–Kier alpha value is -0.0400. The zero-order chi connectivity index (χ0) is 12.8. The lowest BCUT2D eigenvalue weighted by molar-refractivity contribution is 0.412. The molecule has 0 radical (unpaired) electrons.